The fourth-order valence-corrected chi connectivity index (χ4v) is 2.77. The van der Waals surface area contributed by atoms with E-state index in [1.54, 1.807) is 19.1 Å². The zero-order chi connectivity index (χ0) is 15.2. The summed E-state index contributed by atoms with van der Waals surface area (Å²) < 4.78 is 31.5. The molecule has 0 aliphatic rings. The largest absolute Gasteiger partial charge is 0.494 e. The molecule has 1 unspecified atom stereocenters. The lowest BCUT2D eigenvalue weighted by atomic mass is 10.2. The molecule has 0 aliphatic heterocycles. The minimum atomic E-state index is -3.84. The third-order valence-electron chi connectivity index (χ3n) is 2.61. The van der Waals surface area contributed by atoms with E-state index in [2.05, 4.69) is 4.72 Å². The molecule has 6 nitrogen and oxygen atoms in total. The van der Waals surface area contributed by atoms with E-state index in [1.807, 2.05) is 6.92 Å². The van der Waals surface area contributed by atoms with Crippen LogP contribution in [0.4, 0.5) is 0 Å². The van der Waals surface area contributed by atoms with Gasteiger partial charge in [-0.1, -0.05) is 13.8 Å². The van der Waals surface area contributed by atoms with Gasteiger partial charge in [-0.3, -0.25) is 4.79 Å². The zero-order valence-electron chi connectivity index (χ0n) is 11.5. The predicted molar refractivity (Wildman–Crippen MR) is 74.3 cm³/mol. The lowest BCUT2D eigenvalue weighted by Gasteiger charge is -2.13. The van der Waals surface area contributed by atoms with Gasteiger partial charge in [-0.2, -0.15) is 4.72 Å². The molecule has 7 heteroatoms. The van der Waals surface area contributed by atoms with E-state index in [0.29, 0.717) is 12.4 Å². The molecule has 0 radical (unpaired) electrons. The summed E-state index contributed by atoms with van der Waals surface area (Å²) in [6.45, 7) is 4.13. The number of rotatable bonds is 8. The molecule has 0 aliphatic carbocycles. The molecule has 0 fully saturated rings. The molecule has 1 aromatic carbocycles. The van der Waals surface area contributed by atoms with E-state index in [-0.39, 0.29) is 11.3 Å². The first-order valence-corrected chi connectivity index (χ1v) is 7.87. The van der Waals surface area contributed by atoms with Crippen LogP contribution in [0.3, 0.4) is 0 Å². The van der Waals surface area contributed by atoms with Gasteiger partial charge in [0.25, 0.3) is 0 Å². The van der Waals surface area contributed by atoms with Crippen LogP contribution in [0.5, 0.6) is 5.75 Å². The summed E-state index contributed by atoms with van der Waals surface area (Å²) in [7, 11) is -3.84. The second-order valence-electron chi connectivity index (χ2n) is 4.24. The van der Waals surface area contributed by atoms with Gasteiger partial charge in [-0.15, -0.1) is 0 Å². The van der Waals surface area contributed by atoms with Gasteiger partial charge in [-0.25, -0.2) is 8.42 Å². The molecule has 0 saturated heterocycles. The number of nitrogens with one attached hydrogen (secondary N) is 1. The minimum absolute atomic E-state index is 0.0149. The fraction of sp³-hybridized carbons (Fsp3) is 0.462. The van der Waals surface area contributed by atoms with E-state index in [0.717, 1.165) is 6.42 Å². The number of ether oxygens (including phenoxy) is 1. The molecule has 0 amide bonds. The van der Waals surface area contributed by atoms with Gasteiger partial charge < -0.3 is 9.84 Å². The van der Waals surface area contributed by atoms with E-state index in [4.69, 9.17) is 9.84 Å². The molecule has 1 atom stereocenters. The standard InChI is InChI=1S/C13H19NO5S/c1-3-9-19-10-5-7-11(8-6-10)20(17,18)14-12(4-2)13(15)16/h5-8,12,14H,3-4,9H2,1-2H3,(H,15,16). The molecule has 0 spiro atoms. The zero-order valence-corrected chi connectivity index (χ0v) is 12.3. The van der Waals surface area contributed by atoms with Gasteiger partial charge in [0.15, 0.2) is 0 Å². The van der Waals surface area contributed by atoms with Crippen molar-refractivity contribution < 1.29 is 23.1 Å². The monoisotopic (exact) mass is 301 g/mol. The van der Waals surface area contributed by atoms with Crippen LogP contribution in [0.15, 0.2) is 29.2 Å². The van der Waals surface area contributed by atoms with E-state index < -0.39 is 22.0 Å². The first kappa shape index (κ1) is 16.5. The number of aliphatic carboxylic acids is 1. The highest BCUT2D eigenvalue weighted by molar-refractivity contribution is 7.89. The van der Waals surface area contributed by atoms with Crippen LogP contribution in [-0.4, -0.2) is 32.1 Å². The Morgan fingerprint density at radius 3 is 2.35 bits per heavy atom. The van der Waals surface area contributed by atoms with Crippen molar-refractivity contribution in [1.82, 2.24) is 4.72 Å². The summed E-state index contributed by atoms with van der Waals surface area (Å²) >= 11 is 0. The highest BCUT2D eigenvalue weighted by atomic mass is 32.2. The van der Waals surface area contributed by atoms with E-state index >= 15 is 0 Å². The second-order valence-corrected chi connectivity index (χ2v) is 5.95. The Balaban J connectivity index is 2.84. The smallest absolute Gasteiger partial charge is 0.321 e. The van der Waals surface area contributed by atoms with Gasteiger partial charge in [0, 0.05) is 0 Å². The Labute approximate surface area is 118 Å². The quantitative estimate of drug-likeness (QED) is 0.761. The van der Waals surface area contributed by atoms with Crippen LogP contribution in [0.2, 0.25) is 0 Å². The SMILES string of the molecule is CCCOc1ccc(S(=O)(=O)NC(CC)C(=O)O)cc1. The normalized spacial score (nSPS) is 12.9. The molecule has 0 aromatic heterocycles. The number of sulfonamides is 1. The highest BCUT2D eigenvalue weighted by Gasteiger charge is 2.23. The molecule has 0 saturated carbocycles. The van der Waals surface area contributed by atoms with Crippen molar-refractivity contribution in [3.05, 3.63) is 24.3 Å². The Hall–Kier alpha value is -1.60. The summed E-state index contributed by atoms with van der Waals surface area (Å²) in [5.41, 5.74) is 0. The van der Waals surface area contributed by atoms with Crippen LogP contribution in [0, 0.1) is 0 Å². The number of benzene rings is 1. The van der Waals surface area contributed by atoms with E-state index in [9.17, 15) is 13.2 Å². The number of carboxylic acids is 1. The number of hydrogen-bond donors (Lipinski definition) is 2. The third kappa shape index (κ3) is 4.50. The Bertz CT molecular complexity index is 538. The Morgan fingerprint density at radius 2 is 1.90 bits per heavy atom. The molecule has 0 heterocycles. The first-order chi connectivity index (χ1) is 9.40. The molecule has 20 heavy (non-hydrogen) atoms. The second kappa shape index (κ2) is 7.25. The van der Waals surface area contributed by atoms with Crippen molar-refractivity contribution in [2.75, 3.05) is 6.61 Å². The fourth-order valence-electron chi connectivity index (χ4n) is 1.50. The number of carbonyl (C=O) groups is 1. The van der Waals surface area contributed by atoms with Gasteiger partial charge in [0.1, 0.15) is 11.8 Å². The van der Waals surface area contributed by atoms with Gasteiger partial charge in [0.2, 0.25) is 10.0 Å². The molecule has 0 bridgehead atoms. The maximum absolute atomic E-state index is 12.0. The van der Waals surface area contributed by atoms with Gasteiger partial charge >= 0.3 is 5.97 Å². The minimum Gasteiger partial charge on any atom is -0.494 e. The predicted octanol–water partition coefficient (Wildman–Crippen LogP) is 1.62. The first-order valence-electron chi connectivity index (χ1n) is 6.38. The number of carboxylic acid groups (broad SMARTS) is 1. The van der Waals surface area contributed by atoms with Crippen LogP contribution >= 0.6 is 0 Å². The van der Waals surface area contributed by atoms with Crippen molar-refractivity contribution in [2.45, 2.75) is 37.6 Å². The Morgan fingerprint density at radius 1 is 1.30 bits per heavy atom. The van der Waals surface area contributed by atoms with Crippen LogP contribution < -0.4 is 9.46 Å². The summed E-state index contributed by atoms with van der Waals surface area (Å²) in [5.74, 6) is -0.616. The highest BCUT2D eigenvalue weighted by Crippen LogP contribution is 2.16. The van der Waals surface area contributed by atoms with Crippen molar-refractivity contribution in [2.24, 2.45) is 0 Å². The number of hydrogen-bond acceptors (Lipinski definition) is 4. The van der Waals surface area contributed by atoms with Crippen molar-refractivity contribution in [3.63, 3.8) is 0 Å². The molecule has 112 valence electrons. The lowest BCUT2D eigenvalue weighted by molar-refractivity contribution is -0.139. The van der Waals surface area contributed by atoms with Gasteiger partial charge in [-0.05, 0) is 37.1 Å². The van der Waals surface area contributed by atoms with Crippen LogP contribution in [0.1, 0.15) is 26.7 Å². The van der Waals surface area contributed by atoms with Crippen LogP contribution in [-0.2, 0) is 14.8 Å². The maximum Gasteiger partial charge on any atom is 0.321 e. The van der Waals surface area contributed by atoms with Crippen molar-refractivity contribution >= 4 is 16.0 Å². The summed E-state index contributed by atoms with van der Waals surface area (Å²) in [5, 5.41) is 8.88. The maximum atomic E-state index is 12.0. The molecule has 2 N–H and O–H groups in total. The van der Waals surface area contributed by atoms with Crippen LogP contribution in [0.25, 0.3) is 0 Å². The topological polar surface area (TPSA) is 92.7 Å². The molecular weight excluding hydrogens is 282 g/mol. The van der Waals surface area contributed by atoms with Gasteiger partial charge in [0.05, 0.1) is 11.5 Å². The molecule has 1 rings (SSSR count). The summed E-state index contributed by atoms with van der Waals surface area (Å²) in [6.07, 6.45) is 1.03. The Kier molecular flexibility index (Phi) is 5.97. The van der Waals surface area contributed by atoms with Crippen molar-refractivity contribution in [3.8, 4) is 5.75 Å². The summed E-state index contributed by atoms with van der Waals surface area (Å²) in [4.78, 5) is 10.9. The average molecular weight is 301 g/mol. The molecule has 1 aromatic rings. The average Bonchev–Trinajstić information content (AvgIpc) is 2.42. The van der Waals surface area contributed by atoms with E-state index in [1.165, 1.54) is 12.1 Å². The van der Waals surface area contributed by atoms with Crippen molar-refractivity contribution in [1.29, 1.82) is 0 Å². The lowest BCUT2D eigenvalue weighted by Crippen LogP contribution is -2.40. The third-order valence-corrected chi connectivity index (χ3v) is 4.10. The molecular formula is C13H19NO5S. The summed E-state index contributed by atoms with van der Waals surface area (Å²) in [6, 6.07) is 4.75.